The number of aromatic nitrogens is 1. The van der Waals surface area contributed by atoms with Gasteiger partial charge < -0.3 is 10.3 Å². The molecule has 2 nitrogen and oxygen atoms in total. The third-order valence-electron chi connectivity index (χ3n) is 3.81. The van der Waals surface area contributed by atoms with E-state index in [2.05, 4.69) is 81.7 Å². The van der Waals surface area contributed by atoms with E-state index in [1.807, 2.05) is 0 Å². The number of aryl methyl sites for hydroxylation is 1. The van der Waals surface area contributed by atoms with Crippen LogP contribution in [-0.2, 0) is 13.0 Å². The van der Waals surface area contributed by atoms with E-state index in [9.17, 15) is 0 Å². The molecule has 0 aliphatic carbocycles. The Bertz CT molecular complexity index is 732. The van der Waals surface area contributed by atoms with Gasteiger partial charge in [0.1, 0.15) is 0 Å². The smallest absolute Gasteiger partial charge is 0.0459 e. The van der Waals surface area contributed by atoms with Crippen LogP contribution < -0.4 is 5.32 Å². The Kier molecular flexibility index (Phi) is 4.42. The van der Waals surface area contributed by atoms with Gasteiger partial charge in [0.05, 0.1) is 0 Å². The molecule has 0 aliphatic heterocycles. The molecule has 1 heterocycles. The molecule has 0 spiro atoms. The van der Waals surface area contributed by atoms with E-state index < -0.39 is 0 Å². The van der Waals surface area contributed by atoms with E-state index in [-0.39, 0.29) is 0 Å². The lowest BCUT2D eigenvalue weighted by molar-refractivity contribution is 0.687. The fourth-order valence-corrected chi connectivity index (χ4v) is 3.08. The molecule has 2 aromatic carbocycles. The van der Waals surface area contributed by atoms with Crippen molar-refractivity contribution >= 4 is 26.8 Å². The van der Waals surface area contributed by atoms with Gasteiger partial charge in [0, 0.05) is 27.6 Å². The van der Waals surface area contributed by atoms with Gasteiger partial charge in [-0.25, -0.2) is 0 Å². The van der Waals surface area contributed by atoms with Crippen LogP contribution in [0.5, 0.6) is 0 Å². The number of H-pyrrole nitrogens is 1. The molecule has 0 bridgehead atoms. The summed E-state index contributed by atoms with van der Waals surface area (Å²) in [5.74, 6) is 0. The van der Waals surface area contributed by atoms with Gasteiger partial charge in [-0.05, 0) is 49.2 Å². The molecule has 2 N–H and O–H groups in total. The van der Waals surface area contributed by atoms with E-state index in [4.69, 9.17) is 0 Å². The van der Waals surface area contributed by atoms with Gasteiger partial charge in [-0.2, -0.15) is 0 Å². The van der Waals surface area contributed by atoms with Gasteiger partial charge in [-0.15, -0.1) is 0 Å². The molecule has 108 valence electrons. The number of nitrogens with one attached hydrogen (secondary N) is 2. The molecular weight excluding hydrogens is 324 g/mol. The van der Waals surface area contributed by atoms with Crippen LogP contribution in [0.1, 0.15) is 16.8 Å². The molecule has 0 saturated carbocycles. The van der Waals surface area contributed by atoms with Crippen molar-refractivity contribution in [1.29, 1.82) is 0 Å². The van der Waals surface area contributed by atoms with E-state index >= 15 is 0 Å². The minimum atomic E-state index is 0.923. The normalized spacial score (nSPS) is 11.1. The molecule has 0 amide bonds. The summed E-state index contributed by atoms with van der Waals surface area (Å²) in [6.07, 6.45) is 1.04. The van der Waals surface area contributed by atoms with E-state index in [1.165, 1.54) is 27.7 Å². The van der Waals surface area contributed by atoms with Crippen LogP contribution in [0.3, 0.4) is 0 Å². The fourth-order valence-electron chi connectivity index (χ4n) is 2.72. The minimum absolute atomic E-state index is 0.923. The van der Waals surface area contributed by atoms with Crippen molar-refractivity contribution in [2.45, 2.75) is 19.9 Å². The molecule has 3 heteroatoms. The van der Waals surface area contributed by atoms with Crippen LogP contribution in [0.15, 0.2) is 53.0 Å². The Hall–Kier alpha value is -1.58. The zero-order valence-electron chi connectivity index (χ0n) is 12.1. The van der Waals surface area contributed by atoms with Gasteiger partial charge in [0.2, 0.25) is 0 Å². The second-order valence-corrected chi connectivity index (χ2v) is 6.25. The van der Waals surface area contributed by atoms with Crippen LogP contribution in [0, 0.1) is 6.92 Å². The molecule has 0 aliphatic rings. The maximum Gasteiger partial charge on any atom is 0.0459 e. The first-order valence-electron chi connectivity index (χ1n) is 7.25. The number of rotatable bonds is 5. The summed E-state index contributed by atoms with van der Waals surface area (Å²) in [5.41, 5.74) is 5.22. The lowest BCUT2D eigenvalue weighted by atomic mass is 10.1. The molecule has 0 unspecified atom stereocenters. The van der Waals surface area contributed by atoms with Crippen molar-refractivity contribution in [1.82, 2.24) is 10.3 Å². The fraction of sp³-hybridized carbons (Fsp3) is 0.222. The summed E-state index contributed by atoms with van der Waals surface area (Å²) in [5, 5.41) is 4.84. The molecular formula is C18H19BrN2. The van der Waals surface area contributed by atoms with E-state index in [1.54, 1.807) is 0 Å². The Morgan fingerprint density at radius 3 is 2.71 bits per heavy atom. The average Bonchev–Trinajstić information content (AvgIpc) is 2.80. The van der Waals surface area contributed by atoms with Crippen molar-refractivity contribution in [3.8, 4) is 0 Å². The summed E-state index contributed by atoms with van der Waals surface area (Å²) < 4.78 is 1.13. The zero-order valence-corrected chi connectivity index (χ0v) is 13.7. The quantitative estimate of drug-likeness (QED) is 0.653. The molecule has 3 rings (SSSR count). The number of hydrogen-bond donors (Lipinski definition) is 2. The van der Waals surface area contributed by atoms with Crippen LogP contribution in [0.2, 0.25) is 0 Å². The Labute approximate surface area is 133 Å². The van der Waals surface area contributed by atoms with Crippen LogP contribution in [0.4, 0.5) is 0 Å². The van der Waals surface area contributed by atoms with Gasteiger partial charge in [0.15, 0.2) is 0 Å². The third-order valence-corrected chi connectivity index (χ3v) is 4.30. The van der Waals surface area contributed by atoms with Crippen molar-refractivity contribution in [3.63, 3.8) is 0 Å². The Morgan fingerprint density at radius 2 is 1.90 bits per heavy atom. The second-order valence-electron chi connectivity index (χ2n) is 5.33. The second kappa shape index (κ2) is 6.46. The van der Waals surface area contributed by atoms with Gasteiger partial charge in [-0.1, -0.05) is 46.3 Å². The highest BCUT2D eigenvalue weighted by Crippen LogP contribution is 2.25. The molecule has 21 heavy (non-hydrogen) atoms. The number of benzene rings is 2. The van der Waals surface area contributed by atoms with Crippen LogP contribution in [-0.4, -0.2) is 11.5 Å². The zero-order chi connectivity index (χ0) is 14.7. The highest BCUT2D eigenvalue weighted by molar-refractivity contribution is 9.10. The summed E-state index contributed by atoms with van der Waals surface area (Å²) in [6, 6.07) is 16.9. The van der Waals surface area contributed by atoms with Crippen LogP contribution in [0.25, 0.3) is 10.9 Å². The molecule has 0 atom stereocenters. The highest BCUT2D eigenvalue weighted by atomic mass is 79.9. The molecule has 3 aromatic rings. The average molecular weight is 343 g/mol. The van der Waals surface area contributed by atoms with E-state index in [0.717, 1.165) is 24.0 Å². The topological polar surface area (TPSA) is 27.8 Å². The summed E-state index contributed by atoms with van der Waals surface area (Å²) in [7, 11) is 0. The highest BCUT2D eigenvalue weighted by Gasteiger charge is 2.08. The predicted molar refractivity (Wildman–Crippen MR) is 92.6 cm³/mol. The van der Waals surface area contributed by atoms with E-state index in [0.29, 0.717) is 0 Å². The van der Waals surface area contributed by atoms with Gasteiger partial charge in [-0.3, -0.25) is 0 Å². The standard InChI is InChI=1S/C18H19BrN2/c1-13-16(17-11-15(19)7-8-18(17)21-13)9-10-20-12-14-5-3-2-4-6-14/h2-8,11,20-21H,9-10,12H2,1H3. The van der Waals surface area contributed by atoms with Crippen molar-refractivity contribution in [3.05, 3.63) is 69.8 Å². The first-order valence-corrected chi connectivity index (χ1v) is 8.04. The maximum atomic E-state index is 3.56. The van der Waals surface area contributed by atoms with Crippen molar-refractivity contribution in [2.75, 3.05) is 6.54 Å². The lowest BCUT2D eigenvalue weighted by Gasteiger charge is -2.05. The molecule has 1 aromatic heterocycles. The number of hydrogen-bond acceptors (Lipinski definition) is 1. The first-order chi connectivity index (χ1) is 10.2. The monoisotopic (exact) mass is 342 g/mol. The SMILES string of the molecule is Cc1[nH]c2ccc(Br)cc2c1CCNCc1ccccc1. The third kappa shape index (κ3) is 3.36. The molecule has 0 radical (unpaired) electrons. The number of fused-ring (bicyclic) bond motifs is 1. The van der Waals surface area contributed by atoms with Gasteiger partial charge in [0.25, 0.3) is 0 Å². The summed E-state index contributed by atoms with van der Waals surface area (Å²) >= 11 is 3.56. The predicted octanol–water partition coefficient (Wildman–Crippen LogP) is 4.57. The van der Waals surface area contributed by atoms with Gasteiger partial charge >= 0.3 is 0 Å². The first kappa shape index (κ1) is 14.4. The Morgan fingerprint density at radius 1 is 1.10 bits per heavy atom. The lowest BCUT2D eigenvalue weighted by Crippen LogP contribution is -2.16. The largest absolute Gasteiger partial charge is 0.358 e. The Balaban J connectivity index is 1.65. The maximum absolute atomic E-state index is 3.56. The molecule has 0 saturated heterocycles. The van der Waals surface area contributed by atoms with Crippen molar-refractivity contribution < 1.29 is 0 Å². The minimum Gasteiger partial charge on any atom is -0.358 e. The van der Waals surface area contributed by atoms with Crippen molar-refractivity contribution in [2.24, 2.45) is 0 Å². The summed E-state index contributed by atoms with van der Waals surface area (Å²) in [4.78, 5) is 3.46. The number of aromatic amines is 1. The number of halogens is 1. The van der Waals surface area contributed by atoms with Crippen LogP contribution >= 0.6 is 15.9 Å². The summed E-state index contributed by atoms with van der Waals surface area (Å²) in [6.45, 7) is 4.06. The molecule has 0 fully saturated rings.